The predicted octanol–water partition coefficient (Wildman–Crippen LogP) is 7.98. The third-order valence-electron chi connectivity index (χ3n) is 14.4. The van der Waals surface area contributed by atoms with Crippen LogP contribution in [0.15, 0.2) is 48.7 Å². The zero-order valence-electron chi connectivity index (χ0n) is 36.1. The lowest BCUT2D eigenvalue weighted by molar-refractivity contribution is -0.139. The van der Waals surface area contributed by atoms with Gasteiger partial charge in [0.2, 0.25) is 11.8 Å². The Morgan fingerprint density at radius 3 is 2.45 bits per heavy atom. The fourth-order valence-electron chi connectivity index (χ4n) is 11.1. The van der Waals surface area contributed by atoms with Crippen LogP contribution in [-0.2, 0) is 30.4 Å². The first-order chi connectivity index (χ1) is 30.1. The highest BCUT2D eigenvalue weighted by Crippen LogP contribution is 2.45. The maximum absolute atomic E-state index is 14.3. The first kappa shape index (κ1) is 40.6. The number of fused-ring (bicyclic) bond motifs is 6. The van der Waals surface area contributed by atoms with Gasteiger partial charge in [0, 0.05) is 55.9 Å². The summed E-state index contributed by atoms with van der Waals surface area (Å²) >= 11 is 0. The molecule has 5 aliphatic heterocycles. The molecule has 0 bridgehead atoms. The van der Waals surface area contributed by atoms with E-state index in [1.807, 2.05) is 11.1 Å². The summed E-state index contributed by atoms with van der Waals surface area (Å²) < 4.78 is 22.5. The van der Waals surface area contributed by atoms with E-state index in [1.165, 1.54) is 7.11 Å². The van der Waals surface area contributed by atoms with Gasteiger partial charge in [0.25, 0.3) is 0 Å². The van der Waals surface area contributed by atoms with Crippen LogP contribution in [0, 0.1) is 17.8 Å². The number of carbonyl (C=O) groups excluding carboxylic acids is 3. The van der Waals surface area contributed by atoms with E-state index < -0.39 is 12.1 Å². The maximum Gasteiger partial charge on any atom is 0.407 e. The molecule has 0 spiro atoms. The van der Waals surface area contributed by atoms with E-state index in [4.69, 9.17) is 28.9 Å². The highest BCUT2D eigenvalue weighted by Gasteiger charge is 2.44. The summed E-state index contributed by atoms with van der Waals surface area (Å²) in [6, 6.07) is 14.1. The second-order valence-electron chi connectivity index (χ2n) is 18.3. The van der Waals surface area contributed by atoms with E-state index in [0.717, 1.165) is 112 Å². The van der Waals surface area contributed by atoms with Gasteiger partial charge in [0.05, 0.1) is 42.1 Å². The van der Waals surface area contributed by atoms with E-state index in [9.17, 15) is 14.4 Å². The standard InChI is InChI=1S/C48H57N7O7/c1-26-19-28(3)55(41(56)20-29-11-15-60-16-12-29)44(26)46-50-37-9-7-31-22-36-34-8-6-32(21-33(34)25-62-40(36)23-35(31)43(37)52-46)38-24-49-45(51-38)39-10-5-27(2)54(39)47(57)42(53-48(58)59-4)30-13-17-61-18-14-30/h6-9,21-24,26-30,39,42,44H,5,10-20,25H2,1-4H3,(H,49,51)(H,50,52)(H,53,58)/t26-,27-,28-,39-,42-,44?/m0/s1. The topological polar surface area (TPSA) is 164 Å². The fraction of sp³-hybridized carbons (Fsp3) is 0.521. The van der Waals surface area contributed by atoms with Gasteiger partial charge in [-0.25, -0.2) is 14.8 Å². The van der Waals surface area contributed by atoms with Crippen molar-refractivity contribution in [1.82, 2.24) is 35.1 Å². The molecule has 2 aromatic heterocycles. The molecule has 1 unspecified atom stereocenters. The van der Waals surface area contributed by atoms with E-state index in [2.05, 4.69) is 83.4 Å². The highest BCUT2D eigenvalue weighted by molar-refractivity contribution is 6.07. The van der Waals surface area contributed by atoms with Gasteiger partial charge in [-0.15, -0.1) is 0 Å². The summed E-state index contributed by atoms with van der Waals surface area (Å²) in [5, 5.41) is 4.93. The van der Waals surface area contributed by atoms with Gasteiger partial charge < -0.3 is 44.0 Å². The molecule has 4 saturated heterocycles. The summed E-state index contributed by atoms with van der Waals surface area (Å²) in [6.07, 6.45) is 7.60. The van der Waals surface area contributed by atoms with E-state index in [1.54, 1.807) is 0 Å². The second-order valence-corrected chi connectivity index (χ2v) is 18.3. The largest absolute Gasteiger partial charge is 0.488 e. The molecule has 14 nitrogen and oxygen atoms in total. The molecular weight excluding hydrogens is 787 g/mol. The van der Waals surface area contributed by atoms with Crippen molar-refractivity contribution in [1.29, 1.82) is 0 Å². The Balaban J connectivity index is 0.895. The molecule has 5 aromatic rings. The molecule has 10 rings (SSSR count). The van der Waals surface area contributed by atoms with Gasteiger partial charge in [0.15, 0.2) is 0 Å². The molecule has 5 aliphatic rings. The van der Waals surface area contributed by atoms with Crippen LogP contribution in [0.3, 0.4) is 0 Å². The Labute approximate surface area is 361 Å². The van der Waals surface area contributed by atoms with Gasteiger partial charge in [0.1, 0.15) is 30.0 Å². The first-order valence-electron chi connectivity index (χ1n) is 22.6. The molecule has 3 amide bonds. The average Bonchev–Trinajstić information content (AvgIpc) is 4.10. The van der Waals surface area contributed by atoms with Crippen molar-refractivity contribution in [3.63, 3.8) is 0 Å². The predicted molar refractivity (Wildman–Crippen MR) is 233 cm³/mol. The quantitative estimate of drug-likeness (QED) is 0.141. The molecule has 0 radical (unpaired) electrons. The molecule has 6 atom stereocenters. The maximum atomic E-state index is 14.3. The number of rotatable bonds is 8. The lowest BCUT2D eigenvalue weighted by Crippen LogP contribution is -2.54. The van der Waals surface area contributed by atoms with Gasteiger partial charge in [-0.3, -0.25) is 9.59 Å². The molecular formula is C48H57N7O7. The zero-order chi connectivity index (χ0) is 42.6. The number of H-pyrrole nitrogens is 2. The Bertz CT molecular complexity index is 2500. The second kappa shape index (κ2) is 16.7. The number of benzene rings is 3. The lowest BCUT2D eigenvalue weighted by atomic mass is 9.90. The molecule has 14 heteroatoms. The number of imidazole rings is 2. The zero-order valence-corrected chi connectivity index (χ0v) is 36.1. The van der Waals surface area contributed by atoms with Gasteiger partial charge in [-0.2, -0.15) is 0 Å². The molecule has 4 fully saturated rings. The third kappa shape index (κ3) is 7.38. The number of nitrogens with one attached hydrogen (secondary N) is 3. The van der Waals surface area contributed by atoms with Crippen LogP contribution in [0.1, 0.15) is 101 Å². The number of amides is 3. The smallest absolute Gasteiger partial charge is 0.407 e. The average molecular weight is 844 g/mol. The van der Waals surface area contributed by atoms with Crippen molar-refractivity contribution in [3.8, 4) is 28.1 Å². The van der Waals surface area contributed by atoms with Crippen molar-refractivity contribution < 1.29 is 33.3 Å². The third-order valence-corrected chi connectivity index (χ3v) is 14.4. The number of aromatic amines is 2. The molecule has 326 valence electrons. The molecule has 7 heterocycles. The minimum atomic E-state index is -0.702. The Morgan fingerprint density at radius 1 is 0.871 bits per heavy atom. The van der Waals surface area contributed by atoms with Gasteiger partial charge >= 0.3 is 6.09 Å². The number of likely N-dealkylation sites (tertiary alicyclic amines) is 2. The summed E-state index contributed by atoms with van der Waals surface area (Å²) in [5.74, 6) is 3.11. The van der Waals surface area contributed by atoms with Crippen LogP contribution in [0.2, 0.25) is 0 Å². The molecule has 0 saturated carbocycles. The molecule has 3 aromatic carbocycles. The van der Waals surface area contributed by atoms with E-state index >= 15 is 0 Å². The number of hydrogen-bond acceptors (Lipinski definition) is 9. The number of ether oxygens (including phenoxy) is 4. The van der Waals surface area contributed by atoms with Crippen molar-refractivity contribution in [3.05, 3.63) is 65.9 Å². The number of hydrogen-bond donors (Lipinski definition) is 3. The number of carbonyl (C=O) groups is 3. The number of alkyl carbamates (subject to hydrolysis) is 1. The lowest BCUT2D eigenvalue weighted by Gasteiger charge is -2.36. The Hall–Kier alpha value is -5.47. The molecule has 62 heavy (non-hydrogen) atoms. The number of methoxy groups -OCH3 is 1. The summed E-state index contributed by atoms with van der Waals surface area (Å²) in [4.78, 5) is 61.8. The highest BCUT2D eigenvalue weighted by atomic mass is 16.5. The first-order valence-corrected chi connectivity index (χ1v) is 22.6. The van der Waals surface area contributed by atoms with Crippen molar-refractivity contribution in [2.24, 2.45) is 17.8 Å². The minimum Gasteiger partial charge on any atom is -0.488 e. The van der Waals surface area contributed by atoms with Crippen molar-refractivity contribution in [2.75, 3.05) is 33.5 Å². The molecule has 3 N–H and O–H groups in total. The normalized spacial score (nSPS) is 24.8. The van der Waals surface area contributed by atoms with Crippen LogP contribution in [0.5, 0.6) is 5.75 Å². The van der Waals surface area contributed by atoms with Crippen LogP contribution in [0.25, 0.3) is 44.2 Å². The SMILES string of the molecule is COC(=O)N[C@H](C(=O)N1[C@@H](C)CC[C@H]1c1ncc(-c2ccc3c(c2)COc2cc4c(ccc5[nH]c(C6[C@@H](C)C[C@H](C)N6C(=O)CC6CCOCC6)nc54)cc2-3)[nH]1)C1CCOCC1. The fourth-order valence-corrected chi connectivity index (χ4v) is 11.1. The number of aromatic nitrogens is 4. The summed E-state index contributed by atoms with van der Waals surface area (Å²) in [7, 11) is 1.32. The Morgan fingerprint density at radius 2 is 1.66 bits per heavy atom. The van der Waals surface area contributed by atoms with Gasteiger partial charge in [-0.05, 0) is 123 Å². The molecule has 0 aliphatic carbocycles. The Kier molecular flexibility index (Phi) is 10.9. The van der Waals surface area contributed by atoms with Crippen LogP contribution >= 0.6 is 0 Å². The minimum absolute atomic E-state index is 0.0147. The van der Waals surface area contributed by atoms with Crippen molar-refractivity contribution >= 4 is 39.7 Å². The van der Waals surface area contributed by atoms with E-state index in [-0.39, 0.29) is 47.8 Å². The van der Waals surface area contributed by atoms with Gasteiger partial charge in [-0.1, -0.05) is 25.1 Å². The van der Waals surface area contributed by atoms with Crippen molar-refractivity contribution in [2.45, 2.75) is 109 Å². The van der Waals surface area contributed by atoms with E-state index in [0.29, 0.717) is 45.0 Å². The van der Waals surface area contributed by atoms with Crippen LogP contribution in [0.4, 0.5) is 4.79 Å². The number of nitrogens with zero attached hydrogens (tertiary/aromatic N) is 4. The van der Waals surface area contributed by atoms with Crippen LogP contribution in [-0.4, -0.2) is 99.3 Å². The monoisotopic (exact) mass is 843 g/mol. The van der Waals surface area contributed by atoms with Crippen LogP contribution < -0.4 is 10.1 Å². The summed E-state index contributed by atoms with van der Waals surface area (Å²) in [6.45, 7) is 9.46. The summed E-state index contributed by atoms with van der Waals surface area (Å²) in [5.41, 5.74) is 6.90.